The number of pyridine rings is 1. The molecule has 1 amide bonds. The number of benzene rings is 2. The van der Waals surface area contributed by atoms with E-state index in [1.54, 1.807) is 24.2 Å². The van der Waals surface area contributed by atoms with Crippen molar-refractivity contribution in [1.82, 2.24) is 19.4 Å². The van der Waals surface area contributed by atoms with Gasteiger partial charge in [0.1, 0.15) is 22.8 Å². The molecule has 4 heterocycles. The maximum Gasteiger partial charge on any atom is 0.354 e. The molecule has 0 saturated carbocycles. The number of aromatic nitrogens is 3. The van der Waals surface area contributed by atoms with Crippen molar-refractivity contribution in [2.45, 2.75) is 45.7 Å². The van der Waals surface area contributed by atoms with Gasteiger partial charge in [-0.1, -0.05) is 38.1 Å². The molecule has 1 saturated heterocycles. The van der Waals surface area contributed by atoms with Crippen LogP contribution in [0.4, 0.5) is 15.9 Å². The van der Waals surface area contributed by atoms with Crippen molar-refractivity contribution in [1.29, 1.82) is 0 Å². The Morgan fingerprint density at radius 1 is 1.13 bits per heavy atom. The number of amides is 1. The Balaban J connectivity index is 1.80. The van der Waals surface area contributed by atoms with Gasteiger partial charge in [-0.2, -0.15) is 4.98 Å². The van der Waals surface area contributed by atoms with Crippen molar-refractivity contribution in [3.63, 3.8) is 0 Å². The molecule has 12 heteroatoms. The van der Waals surface area contributed by atoms with E-state index >= 15 is 4.39 Å². The summed E-state index contributed by atoms with van der Waals surface area (Å²) in [6, 6.07) is 5.25. The van der Waals surface area contributed by atoms with Crippen LogP contribution in [0.25, 0.3) is 27.7 Å². The molecule has 45 heavy (non-hydrogen) atoms. The van der Waals surface area contributed by atoms with Crippen molar-refractivity contribution >= 4 is 39.9 Å². The highest BCUT2D eigenvalue weighted by molar-refractivity contribution is 6.38. The summed E-state index contributed by atoms with van der Waals surface area (Å²) in [5.41, 5.74) is 0.738. The van der Waals surface area contributed by atoms with Crippen LogP contribution in [0.2, 0.25) is 5.02 Å². The van der Waals surface area contributed by atoms with Crippen LogP contribution in [-0.2, 0) is 4.79 Å². The van der Waals surface area contributed by atoms with Gasteiger partial charge in [0.15, 0.2) is 5.82 Å². The number of aromatic hydroxyl groups is 2. The maximum atomic E-state index is 17.4. The first-order chi connectivity index (χ1) is 21.4. The number of carbonyl (C=O) groups is 1. The number of aryl methyl sites for hydroxylation is 1. The predicted octanol–water partition coefficient (Wildman–Crippen LogP) is 5.12. The summed E-state index contributed by atoms with van der Waals surface area (Å²) in [7, 11) is 1.79. The number of halogens is 2. The number of phenolic OH excluding ortho intramolecular Hbond substituents is 2. The van der Waals surface area contributed by atoms with Crippen LogP contribution in [0.3, 0.4) is 0 Å². The van der Waals surface area contributed by atoms with Gasteiger partial charge < -0.3 is 24.9 Å². The number of likely N-dealkylation sites (N-methyl/N-ethyl adjacent to an activating group) is 1. The first-order valence-electron chi connectivity index (χ1n) is 14.7. The molecule has 0 aliphatic carbocycles. The van der Waals surface area contributed by atoms with E-state index in [0.29, 0.717) is 47.7 Å². The van der Waals surface area contributed by atoms with Crippen LogP contribution in [-0.4, -0.2) is 74.3 Å². The molecule has 2 aliphatic rings. The Hall–Kier alpha value is -4.64. The number of carbonyl (C=O) groups excluding carboxylic acids is 1. The Morgan fingerprint density at radius 3 is 2.47 bits per heavy atom. The van der Waals surface area contributed by atoms with Gasteiger partial charge in [-0.05, 0) is 49.6 Å². The summed E-state index contributed by atoms with van der Waals surface area (Å²) in [5.74, 6) is -1.77. The van der Waals surface area contributed by atoms with Gasteiger partial charge in [-0.25, -0.2) is 9.18 Å². The van der Waals surface area contributed by atoms with E-state index in [-0.39, 0.29) is 62.9 Å². The second-order valence-corrected chi connectivity index (χ2v) is 12.4. The minimum atomic E-state index is -0.908. The van der Waals surface area contributed by atoms with E-state index in [2.05, 4.69) is 16.5 Å². The highest BCUT2D eigenvalue weighted by Gasteiger charge is 2.41. The molecule has 2 atom stereocenters. The van der Waals surface area contributed by atoms with E-state index < -0.39 is 11.5 Å². The summed E-state index contributed by atoms with van der Waals surface area (Å²) in [6.07, 6.45) is 2.92. The fourth-order valence-electron chi connectivity index (χ4n) is 6.73. The molecule has 4 aromatic rings. The van der Waals surface area contributed by atoms with Crippen molar-refractivity contribution in [3.05, 3.63) is 75.7 Å². The number of fused-ring (bicyclic) bond motifs is 2. The molecule has 10 nitrogen and oxygen atoms in total. The fraction of sp³-hybridized carbons (Fsp3) is 0.333. The molecular weight excluding hydrogens is 599 g/mol. The third-order valence-electron chi connectivity index (χ3n) is 8.80. The lowest BCUT2D eigenvalue weighted by Gasteiger charge is -2.45. The summed E-state index contributed by atoms with van der Waals surface area (Å²) in [4.78, 5) is 41.7. The van der Waals surface area contributed by atoms with Crippen LogP contribution >= 0.6 is 11.6 Å². The number of nitrogens with zero attached hydrogens (tertiary/aromatic N) is 6. The summed E-state index contributed by atoms with van der Waals surface area (Å²) < 4.78 is 18.7. The third-order valence-corrected chi connectivity index (χ3v) is 9.17. The molecule has 0 radical (unpaired) electrons. The topological polar surface area (TPSA) is 115 Å². The fourth-order valence-corrected chi connectivity index (χ4v) is 7.14. The van der Waals surface area contributed by atoms with E-state index in [1.165, 1.54) is 28.8 Å². The number of phenols is 2. The second kappa shape index (κ2) is 11.1. The van der Waals surface area contributed by atoms with Crippen molar-refractivity contribution in [2.24, 2.45) is 0 Å². The molecule has 2 N–H and O–H groups in total. The average molecular weight is 633 g/mol. The molecule has 0 bridgehead atoms. The zero-order valence-corrected chi connectivity index (χ0v) is 26.4. The Labute approximate surface area is 264 Å². The number of rotatable bonds is 4. The molecule has 234 valence electrons. The lowest BCUT2D eigenvalue weighted by atomic mass is 9.97. The van der Waals surface area contributed by atoms with Gasteiger partial charge in [0.05, 0.1) is 39.1 Å². The Kier molecular flexibility index (Phi) is 7.47. The van der Waals surface area contributed by atoms with Gasteiger partial charge in [0.2, 0.25) is 5.91 Å². The molecule has 2 unspecified atom stereocenters. The van der Waals surface area contributed by atoms with Crippen LogP contribution in [0.15, 0.2) is 47.9 Å². The van der Waals surface area contributed by atoms with Crippen molar-refractivity contribution in [3.8, 4) is 28.3 Å². The van der Waals surface area contributed by atoms with Gasteiger partial charge in [-0.3, -0.25) is 14.3 Å². The quantitative estimate of drug-likeness (QED) is 0.298. The second-order valence-electron chi connectivity index (χ2n) is 12.0. The minimum Gasteiger partial charge on any atom is -0.507 e. The maximum absolute atomic E-state index is 17.4. The van der Waals surface area contributed by atoms with E-state index in [1.807, 2.05) is 37.5 Å². The molecule has 2 aromatic carbocycles. The van der Waals surface area contributed by atoms with Gasteiger partial charge in [-0.15, -0.1) is 0 Å². The first-order valence-corrected chi connectivity index (χ1v) is 15.1. The highest BCUT2D eigenvalue weighted by Crippen LogP contribution is 2.51. The number of piperazine rings is 1. The molecule has 2 aromatic heterocycles. The number of hydrogen-bond acceptors (Lipinski definition) is 8. The highest BCUT2D eigenvalue weighted by atomic mass is 35.5. The SMILES string of the molecule is C=CC(=O)N1CC2CN(C)c3c(Cl)c(-c4c(O)cccc4O)c(F)c4c3c(nc(=O)n4-c3c(C)ccnc3C(C)C)N2CC1C. The summed E-state index contributed by atoms with van der Waals surface area (Å²) in [6.45, 7) is 12.2. The first kappa shape index (κ1) is 30.4. The van der Waals surface area contributed by atoms with Gasteiger partial charge >= 0.3 is 5.69 Å². The molecule has 0 spiro atoms. The van der Waals surface area contributed by atoms with E-state index in [9.17, 15) is 19.8 Å². The third kappa shape index (κ3) is 4.59. The summed E-state index contributed by atoms with van der Waals surface area (Å²) >= 11 is 7.10. The number of anilines is 2. The standard InChI is InChI=1S/C33H34ClFN6O4/c1-7-22(44)39-15-19-14-38(6)30-25-31(27(35)24(26(30)34)23-20(42)9-8-10-21(23)43)41(29-17(4)11-12-36-28(29)16(2)3)33(45)37-32(25)40(19)13-18(39)5/h7-12,16,18-19,42-43H,1,13-15H2,2-6H3. The van der Waals surface area contributed by atoms with E-state index in [0.717, 1.165) is 0 Å². The normalized spacial score (nSPS) is 17.9. The van der Waals surface area contributed by atoms with Crippen LogP contribution in [0.1, 0.15) is 37.9 Å². The summed E-state index contributed by atoms with van der Waals surface area (Å²) in [5, 5.41) is 22.0. The minimum absolute atomic E-state index is 0.0635. The van der Waals surface area contributed by atoms with Gasteiger partial charge in [0, 0.05) is 44.5 Å². The Bertz CT molecular complexity index is 1940. The number of hydrogen-bond donors (Lipinski definition) is 2. The Morgan fingerprint density at radius 2 is 1.82 bits per heavy atom. The molecular formula is C33H34ClFN6O4. The van der Waals surface area contributed by atoms with Gasteiger partial charge in [0.25, 0.3) is 0 Å². The molecule has 1 fully saturated rings. The predicted molar refractivity (Wildman–Crippen MR) is 173 cm³/mol. The van der Waals surface area contributed by atoms with Crippen LogP contribution in [0, 0.1) is 12.7 Å². The average Bonchev–Trinajstić information content (AvgIpc) is 3.10. The lowest BCUT2D eigenvalue weighted by Crippen LogP contribution is -2.61. The van der Waals surface area contributed by atoms with Crippen molar-refractivity contribution < 1.29 is 19.4 Å². The molecule has 6 rings (SSSR count). The van der Waals surface area contributed by atoms with Crippen molar-refractivity contribution in [2.75, 3.05) is 36.5 Å². The zero-order chi connectivity index (χ0) is 32.5. The monoisotopic (exact) mass is 632 g/mol. The largest absolute Gasteiger partial charge is 0.507 e. The van der Waals surface area contributed by atoms with Crippen LogP contribution < -0.4 is 15.5 Å². The lowest BCUT2D eigenvalue weighted by molar-refractivity contribution is -0.128. The molecule has 2 aliphatic heterocycles. The van der Waals surface area contributed by atoms with Crippen LogP contribution in [0.5, 0.6) is 11.5 Å². The van der Waals surface area contributed by atoms with E-state index in [4.69, 9.17) is 11.6 Å². The smallest absolute Gasteiger partial charge is 0.354 e. The zero-order valence-electron chi connectivity index (χ0n) is 25.7.